The van der Waals surface area contributed by atoms with Crippen molar-refractivity contribution in [2.24, 2.45) is 0 Å². The van der Waals surface area contributed by atoms with Crippen molar-refractivity contribution >= 4 is 23.4 Å². The van der Waals surface area contributed by atoms with Crippen LogP contribution in [0.3, 0.4) is 0 Å². The predicted octanol–water partition coefficient (Wildman–Crippen LogP) is 5.58. The summed E-state index contributed by atoms with van der Waals surface area (Å²) in [6.45, 7) is 8.69. The maximum Gasteiger partial charge on any atom is 0.410 e. The van der Waals surface area contributed by atoms with Gasteiger partial charge in [-0.3, -0.25) is 4.79 Å². The van der Waals surface area contributed by atoms with Crippen molar-refractivity contribution < 1.29 is 19.1 Å². The Balaban J connectivity index is 1.29. The van der Waals surface area contributed by atoms with E-state index in [0.717, 1.165) is 11.3 Å². The molecule has 1 saturated heterocycles. The molecule has 0 atom stereocenters. The molecule has 1 aliphatic heterocycles. The average Bonchev–Trinajstić information content (AvgIpc) is 2.87. The summed E-state index contributed by atoms with van der Waals surface area (Å²) in [5, 5.41) is 2.94. The maximum atomic E-state index is 12.8. The quantitative estimate of drug-likeness (QED) is 0.492. The zero-order valence-corrected chi connectivity index (χ0v) is 21.1. The highest BCUT2D eigenvalue weighted by molar-refractivity contribution is 6.04. The molecule has 0 bridgehead atoms. The van der Waals surface area contributed by atoms with Crippen molar-refractivity contribution in [2.45, 2.75) is 33.0 Å². The van der Waals surface area contributed by atoms with Crippen molar-refractivity contribution in [3.63, 3.8) is 0 Å². The molecule has 1 N–H and O–H groups in total. The van der Waals surface area contributed by atoms with Crippen molar-refractivity contribution in [1.82, 2.24) is 4.90 Å². The highest BCUT2D eigenvalue weighted by atomic mass is 16.6. The van der Waals surface area contributed by atoms with Crippen LogP contribution in [0.2, 0.25) is 0 Å². The summed E-state index contributed by atoms with van der Waals surface area (Å²) in [6, 6.07) is 24.9. The van der Waals surface area contributed by atoms with E-state index in [0.29, 0.717) is 49.8 Å². The standard InChI is InChI=1S/C29H33N3O4/c1-29(2,3)36-28(34)32-18-16-31(17-19-32)25-14-12-23(13-15-25)27(33)30-24-10-7-11-26(20-24)35-21-22-8-5-4-6-9-22/h4-15,20H,16-19,21H2,1-3H3,(H,30,33). The fourth-order valence-electron chi connectivity index (χ4n) is 3.91. The molecule has 0 aromatic heterocycles. The van der Waals surface area contributed by atoms with E-state index >= 15 is 0 Å². The Labute approximate surface area is 212 Å². The summed E-state index contributed by atoms with van der Waals surface area (Å²) in [4.78, 5) is 29.0. The van der Waals surface area contributed by atoms with Crippen LogP contribution in [-0.4, -0.2) is 48.7 Å². The van der Waals surface area contributed by atoms with Gasteiger partial charge in [-0.2, -0.15) is 0 Å². The molecule has 2 amide bonds. The Morgan fingerprint density at radius 1 is 0.861 bits per heavy atom. The fourth-order valence-corrected chi connectivity index (χ4v) is 3.91. The molecule has 0 unspecified atom stereocenters. The van der Waals surface area contributed by atoms with Gasteiger partial charge in [0.05, 0.1) is 0 Å². The molecular formula is C29H33N3O4. The smallest absolute Gasteiger partial charge is 0.410 e. The average molecular weight is 488 g/mol. The maximum absolute atomic E-state index is 12.8. The number of rotatable bonds is 6. The van der Waals surface area contributed by atoms with E-state index in [1.54, 1.807) is 4.90 Å². The fraction of sp³-hybridized carbons (Fsp3) is 0.310. The molecule has 188 valence electrons. The van der Waals surface area contributed by atoms with Gasteiger partial charge in [0.1, 0.15) is 18.0 Å². The Morgan fingerprint density at radius 3 is 2.22 bits per heavy atom. The second kappa shape index (κ2) is 11.2. The number of carbonyl (C=O) groups excluding carboxylic acids is 2. The summed E-state index contributed by atoms with van der Waals surface area (Å²) in [7, 11) is 0. The Hall–Kier alpha value is -4.00. The van der Waals surface area contributed by atoms with Gasteiger partial charge in [-0.15, -0.1) is 0 Å². The number of benzene rings is 3. The molecule has 1 fully saturated rings. The largest absolute Gasteiger partial charge is 0.489 e. The first-order chi connectivity index (χ1) is 17.3. The van der Waals surface area contributed by atoms with Crippen LogP contribution in [0.15, 0.2) is 78.9 Å². The molecule has 0 aliphatic carbocycles. The molecule has 7 nitrogen and oxygen atoms in total. The van der Waals surface area contributed by atoms with Gasteiger partial charge in [-0.1, -0.05) is 36.4 Å². The highest BCUT2D eigenvalue weighted by Crippen LogP contribution is 2.22. The summed E-state index contributed by atoms with van der Waals surface area (Å²) in [6.07, 6.45) is -0.274. The van der Waals surface area contributed by atoms with E-state index < -0.39 is 5.60 Å². The van der Waals surface area contributed by atoms with E-state index in [4.69, 9.17) is 9.47 Å². The number of carbonyl (C=O) groups is 2. The second-order valence-electron chi connectivity index (χ2n) is 9.76. The first kappa shape index (κ1) is 25.1. The van der Waals surface area contributed by atoms with Crippen molar-refractivity contribution in [3.05, 3.63) is 90.0 Å². The number of piperazine rings is 1. The van der Waals surface area contributed by atoms with Crippen LogP contribution >= 0.6 is 0 Å². The highest BCUT2D eigenvalue weighted by Gasteiger charge is 2.26. The Morgan fingerprint density at radius 2 is 1.56 bits per heavy atom. The van der Waals surface area contributed by atoms with Crippen molar-refractivity contribution in [2.75, 3.05) is 36.4 Å². The lowest BCUT2D eigenvalue weighted by Gasteiger charge is -2.36. The lowest BCUT2D eigenvalue weighted by Crippen LogP contribution is -2.50. The monoisotopic (exact) mass is 487 g/mol. The van der Waals surface area contributed by atoms with Gasteiger partial charge in [-0.25, -0.2) is 4.79 Å². The molecule has 3 aromatic rings. The predicted molar refractivity (Wildman–Crippen MR) is 142 cm³/mol. The molecule has 1 aliphatic rings. The number of hydrogen-bond donors (Lipinski definition) is 1. The molecule has 1 heterocycles. The molecule has 0 spiro atoms. The third kappa shape index (κ3) is 7.01. The van der Waals surface area contributed by atoms with Gasteiger partial charge >= 0.3 is 6.09 Å². The van der Waals surface area contributed by atoms with E-state index in [1.165, 1.54) is 0 Å². The SMILES string of the molecule is CC(C)(C)OC(=O)N1CCN(c2ccc(C(=O)Nc3cccc(OCc4ccccc4)c3)cc2)CC1. The zero-order valence-electron chi connectivity index (χ0n) is 21.1. The topological polar surface area (TPSA) is 71.1 Å². The number of nitrogens with one attached hydrogen (secondary N) is 1. The van der Waals surface area contributed by atoms with E-state index in [2.05, 4.69) is 10.2 Å². The molecular weight excluding hydrogens is 454 g/mol. The minimum absolute atomic E-state index is 0.184. The number of hydrogen-bond acceptors (Lipinski definition) is 5. The van der Waals surface area contributed by atoms with Gasteiger partial charge in [0, 0.05) is 49.2 Å². The third-order valence-corrected chi connectivity index (χ3v) is 5.77. The number of ether oxygens (including phenoxy) is 2. The Bertz CT molecular complexity index is 1170. The van der Waals surface area contributed by atoms with Gasteiger partial charge < -0.3 is 24.6 Å². The van der Waals surface area contributed by atoms with Crippen LogP contribution in [0.5, 0.6) is 5.75 Å². The van der Waals surface area contributed by atoms with Gasteiger partial charge in [0.15, 0.2) is 0 Å². The Kier molecular flexibility index (Phi) is 7.78. The first-order valence-corrected chi connectivity index (χ1v) is 12.2. The molecule has 0 saturated carbocycles. The summed E-state index contributed by atoms with van der Waals surface area (Å²) < 4.78 is 11.3. The second-order valence-corrected chi connectivity index (χ2v) is 9.76. The lowest BCUT2D eigenvalue weighted by molar-refractivity contribution is 0.0240. The number of amides is 2. The van der Waals surface area contributed by atoms with E-state index in [1.807, 2.05) is 99.6 Å². The van der Waals surface area contributed by atoms with Crippen LogP contribution in [0.25, 0.3) is 0 Å². The van der Waals surface area contributed by atoms with Crippen LogP contribution < -0.4 is 15.0 Å². The molecule has 0 radical (unpaired) electrons. The summed E-state index contributed by atoms with van der Waals surface area (Å²) in [5.41, 5.74) is 2.85. The van der Waals surface area contributed by atoms with E-state index in [9.17, 15) is 9.59 Å². The van der Waals surface area contributed by atoms with Crippen LogP contribution in [-0.2, 0) is 11.3 Å². The van der Waals surface area contributed by atoms with E-state index in [-0.39, 0.29) is 12.0 Å². The van der Waals surface area contributed by atoms with Crippen molar-refractivity contribution in [3.8, 4) is 5.75 Å². The zero-order chi connectivity index (χ0) is 25.5. The number of anilines is 2. The van der Waals surface area contributed by atoms with Crippen LogP contribution in [0, 0.1) is 0 Å². The minimum Gasteiger partial charge on any atom is -0.489 e. The summed E-state index contributed by atoms with van der Waals surface area (Å²) in [5.74, 6) is 0.508. The van der Waals surface area contributed by atoms with Crippen LogP contribution in [0.4, 0.5) is 16.2 Å². The molecule has 3 aromatic carbocycles. The summed E-state index contributed by atoms with van der Waals surface area (Å²) >= 11 is 0. The van der Waals surface area contributed by atoms with Crippen LogP contribution in [0.1, 0.15) is 36.7 Å². The third-order valence-electron chi connectivity index (χ3n) is 5.77. The normalized spacial score (nSPS) is 13.8. The number of nitrogens with zero attached hydrogens (tertiary/aromatic N) is 2. The lowest BCUT2D eigenvalue weighted by atomic mass is 10.1. The molecule has 4 rings (SSSR count). The van der Waals surface area contributed by atoms with Gasteiger partial charge in [-0.05, 0) is 62.7 Å². The van der Waals surface area contributed by atoms with Crippen molar-refractivity contribution in [1.29, 1.82) is 0 Å². The van der Waals surface area contributed by atoms with Gasteiger partial charge in [0.2, 0.25) is 0 Å². The first-order valence-electron chi connectivity index (χ1n) is 12.2. The molecule has 7 heteroatoms. The minimum atomic E-state index is -0.499. The van der Waals surface area contributed by atoms with Gasteiger partial charge in [0.25, 0.3) is 5.91 Å². The molecule has 36 heavy (non-hydrogen) atoms.